The Morgan fingerprint density at radius 1 is 0.531 bits per heavy atom. The van der Waals surface area contributed by atoms with Crippen molar-refractivity contribution in [2.45, 2.75) is 40.0 Å². The summed E-state index contributed by atoms with van der Waals surface area (Å²) in [5.74, 6) is -0.832. The molecule has 11 nitrogen and oxygen atoms in total. The SMILES string of the molecule is C.N#C/C(=C\c1ccc(N(Cc2ccccc2)Cc2ccccc2)cc1)C(=O)NCCO.N#CCC(=O)NCCO.O=Cc1ccc(N(Cc2ccccc2)Cc2ccccc2)cc1. The Balaban J connectivity index is 0.000000290. The molecule has 0 fully saturated rings. The van der Waals surface area contributed by atoms with Gasteiger partial charge in [0.2, 0.25) is 5.91 Å². The molecule has 64 heavy (non-hydrogen) atoms. The minimum Gasteiger partial charge on any atom is -0.395 e. The van der Waals surface area contributed by atoms with Crippen molar-refractivity contribution >= 4 is 35.6 Å². The molecule has 6 aromatic carbocycles. The molecular formula is C53H56N6O5. The van der Waals surface area contributed by atoms with Crippen molar-refractivity contribution in [3.8, 4) is 12.1 Å². The van der Waals surface area contributed by atoms with Crippen molar-refractivity contribution < 1.29 is 24.6 Å². The summed E-state index contributed by atoms with van der Waals surface area (Å²) in [6.45, 7) is 3.27. The van der Waals surface area contributed by atoms with Gasteiger partial charge >= 0.3 is 0 Å². The lowest BCUT2D eigenvalue weighted by molar-refractivity contribution is -0.120. The number of amides is 2. The summed E-state index contributed by atoms with van der Waals surface area (Å²) < 4.78 is 0. The number of nitriles is 2. The minimum absolute atomic E-state index is 0. The fraction of sp³-hybridized carbons (Fsp3) is 0.189. The van der Waals surface area contributed by atoms with Gasteiger partial charge in [0.15, 0.2) is 0 Å². The monoisotopic (exact) mass is 856 g/mol. The fourth-order valence-corrected chi connectivity index (χ4v) is 6.15. The zero-order valence-corrected chi connectivity index (χ0v) is 35.1. The van der Waals surface area contributed by atoms with E-state index in [1.54, 1.807) is 12.1 Å². The molecule has 6 aromatic rings. The van der Waals surface area contributed by atoms with E-state index in [0.29, 0.717) is 5.56 Å². The molecule has 11 heteroatoms. The van der Waals surface area contributed by atoms with Gasteiger partial charge in [0, 0.05) is 56.2 Å². The summed E-state index contributed by atoms with van der Waals surface area (Å²) in [6.07, 6.45) is 2.29. The van der Waals surface area contributed by atoms with Crippen molar-refractivity contribution in [1.29, 1.82) is 10.5 Å². The highest BCUT2D eigenvalue weighted by atomic mass is 16.3. The van der Waals surface area contributed by atoms with Crippen LogP contribution in [0.2, 0.25) is 0 Å². The Morgan fingerprint density at radius 3 is 1.22 bits per heavy atom. The molecule has 0 bridgehead atoms. The highest BCUT2D eigenvalue weighted by molar-refractivity contribution is 6.01. The first-order chi connectivity index (χ1) is 30.8. The number of aldehydes is 1. The number of rotatable bonds is 18. The fourth-order valence-electron chi connectivity index (χ4n) is 6.15. The van der Waals surface area contributed by atoms with Crippen LogP contribution in [-0.2, 0) is 35.8 Å². The van der Waals surface area contributed by atoms with E-state index >= 15 is 0 Å². The number of nitrogens with zero attached hydrogens (tertiary/aromatic N) is 4. The first-order valence-corrected chi connectivity index (χ1v) is 20.4. The second kappa shape index (κ2) is 29.4. The number of hydrogen-bond acceptors (Lipinski definition) is 9. The third-order valence-electron chi connectivity index (χ3n) is 9.26. The zero-order chi connectivity index (χ0) is 44.9. The lowest BCUT2D eigenvalue weighted by Crippen LogP contribution is -2.27. The second-order valence-electron chi connectivity index (χ2n) is 14.0. The molecule has 2 amide bonds. The van der Waals surface area contributed by atoms with E-state index in [9.17, 15) is 19.6 Å². The minimum atomic E-state index is -0.490. The van der Waals surface area contributed by atoms with Crippen LogP contribution in [0, 0.1) is 22.7 Å². The Bertz CT molecular complexity index is 2280. The maximum Gasteiger partial charge on any atom is 0.262 e. The molecule has 0 atom stereocenters. The molecule has 0 heterocycles. The number of nitrogens with one attached hydrogen (secondary N) is 2. The molecule has 0 aromatic heterocycles. The molecule has 0 aliphatic rings. The summed E-state index contributed by atoms with van der Waals surface area (Å²) in [7, 11) is 0. The average Bonchev–Trinajstić information content (AvgIpc) is 3.33. The first kappa shape index (κ1) is 50.5. The molecule has 0 saturated carbocycles. The smallest absolute Gasteiger partial charge is 0.262 e. The molecule has 0 aliphatic carbocycles. The number of benzene rings is 6. The van der Waals surface area contributed by atoms with Crippen molar-refractivity contribution in [2.75, 3.05) is 36.1 Å². The van der Waals surface area contributed by atoms with Gasteiger partial charge in [0.1, 0.15) is 24.3 Å². The molecule has 0 saturated heterocycles. The van der Waals surface area contributed by atoms with Crippen LogP contribution in [0.4, 0.5) is 11.4 Å². The number of hydrogen-bond donors (Lipinski definition) is 4. The maximum atomic E-state index is 12.0. The predicted octanol–water partition coefficient (Wildman–Crippen LogP) is 8.26. The number of aliphatic hydroxyl groups is 2. The van der Waals surface area contributed by atoms with Crippen LogP contribution >= 0.6 is 0 Å². The molecule has 6 rings (SSSR count). The van der Waals surface area contributed by atoms with Crippen LogP contribution in [0.15, 0.2) is 175 Å². The van der Waals surface area contributed by atoms with Gasteiger partial charge in [-0.1, -0.05) is 141 Å². The van der Waals surface area contributed by atoms with Crippen LogP contribution in [-0.4, -0.2) is 54.6 Å². The Morgan fingerprint density at radius 2 is 0.891 bits per heavy atom. The predicted molar refractivity (Wildman–Crippen MR) is 255 cm³/mol. The van der Waals surface area contributed by atoms with Gasteiger partial charge < -0.3 is 30.6 Å². The number of carbonyl (C=O) groups excluding carboxylic acids is 3. The zero-order valence-electron chi connectivity index (χ0n) is 35.1. The van der Waals surface area contributed by atoms with E-state index in [2.05, 4.69) is 93.2 Å². The number of aliphatic hydroxyl groups excluding tert-OH is 2. The van der Waals surface area contributed by atoms with Crippen LogP contribution in [0.1, 0.15) is 52.0 Å². The Kier molecular flexibility index (Phi) is 23.2. The molecule has 4 N–H and O–H groups in total. The standard InChI is InChI=1S/C26H25N3O2.C21H19NO.C5H8N2O2.CH4/c27-18-24(26(31)28-15-16-30)17-21-11-13-25(14-12-21)29(19-22-7-3-1-4-8-22)20-23-9-5-2-6-10-23;23-17-20-11-13-21(14-12-20)22(15-18-7-3-1-4-8-18)16-19-9-5-2-6-10-19;6-2-1-5(9)7-3-4-8;/h1-14,17,30H,15-16,19-20H2,(H,28,31);1-14,17H,15-16H2;8H,1,3-4H2,(H,7,9);1H4/b24-17+;;;. The number of anilines is 2. The van der Waals surface area contributed by atoms with Crippen molar-refractivity contribution in [2.24, 2.45) is 0 Å². The van der Waals surface area contributed by atoms with Crippen LogP contribution < -0.4 is 20.4 Å². The summed E-state index contributed by atoms with van der Waals surface area (Å²) in [5, 5.41) is 39.1. The summed E-state index contributed by atoms with van der Waals surface area (Å²) in [4.78, 5) is 37.8. The van der Waals surface area contributed by atoms with Crippen LogP contribution in [0.5, 0.6) is 0 Å². The summed E-state index contributed by atoms with van der Waals surface area (Å²) in [6, 6.07) is 60.6. The number of carbonyl (C=O) groups is 3. The van der Waals surface area contributed by atoms with E-state index in [1.165, 1.54) is 22.3 Å². The Hall–Kier alpha value is -7.83. The molecule has 328 valence electrons. The second-order valence-corrected chi connectivity index (χ2v) is 14.0. The van der Waals surface area contributed by atoms with Crippen LogP contribution in [0.3, 0.4) is 0 Å². The van der Waals surface area contributed by atoms with Gasteiger partial charge in [-0.15, -0.1) is 0 Å². The van der Waals surface area contributed by atoms with E-state index in [4.69, 9.17) is 15.5 Å². The van der Waals surface area contributed by atoms with Gasteiger partial charge in [0.05, 0.1) is 19.3 Å². The third kappa shape index (κ3) is 18.4. The van der Waals surface area contributed by atoms with E-state index < -0.39 is 5.91 Å². The van der Waals surface area contributed by atoms with Crippen LogP contribution in [0.25, 0.3) is 6.08 Å². The van der Waals surface area contributed by atoms with Gasteiger partial charge in [-0.05, 0) is 70.3 Å². The van der Waals surface area contributed by atoms with E-state index in [0.717, 1.165) is 49.4 Å². The highest BCUT2D eigenvalue weighted by Crippen LogP contribution is 2.23. The molecular weight excluding hydrogens is 801 g/mol. The quantitative estimate of drug-likeness (QED) is 0.0378. The van der Waals surface area contributed by atoms with Crippen molar-refractivity contribution in [3.63, 3.8) is 0 Å². The Labute approximate surface area is 377 Å². The lowest BCUT2D eigenvalue weighted by Gasteiger charge is -2.25. The molecule has 0 aliphatic heterocycles. The first-order valence-electron chi connectivity index (χ1n) is 20.4. The topological polar surface area (TPSA) is 170 Å². The molecule has 0 spiro atoms. The third-order valence-corrected chi connectivity index (χ3v) is 9.26. The van der Waals surface area contributed by atoms with Gasteiger partial charge in [-0.25, -0.2) is 0 Å². The molecule has 0 unspecified atom stereocenters. The largest absolute Gasteiger partial charge is 0.395 e. The van der Waals surface area contributed by atoms with Gasteiger partial charge in [0.25, 0.3) is 5.91 Å². The normalized spacial score (nSPS) is 10.1. The maximum absolute atomic E-state index is 12.0. The van der Waals surface area contributed by atoms with Gasteiger partial charge in [-0.2, -0.15) is 10.5 Å². The van der Waals surface area contributed by atoms with Crippen molar-refractivity contribution in [3.05, 3.63) is 209 Å². The van der Waals surface area contributed by atoms with Gasteiger partial charge in [-0.3, -0.25) is 14.4 Å². The molecule has 0 radical (unpaired) electrons. The van der Waals surface area contributed by atoms with E-state index in [-0.39, 0.29) is 51.6 Å². The lowest BCUT2D eigenvalue weighted by atomic mass is 10.1. The highest BCUT2D eigenvalue weighted by Gasteiger charge is 2.12. The van der Waals surface area contributed by atoms with Crippen molar-refractivity contribution in [1.82, 2.24) is 10.6 Å². The summed E-state index contributed by atoms with van der Waals surface area (Å²) in [5.41, 5.74) is 8.60. The average molecular weight is 857 g/mol. The summed E-state index contributed by atoms with van der Waals surface area (Å²) >= 11 is 0. The van der Waals surface area contributed by atoms with E-state index in [1.807, 2.05) is 103 Å².